The summed E-state index contributed by atoms with van der Waals surface area (Å²) in [7, 11) is 0. The van der Waals surface area contributed by atoms with E-state index in [0.29, 0.717) is 24.3 Å². The lowest BCUT2D eigenvalue weighted by Crippen LogP contribution is -2.38. The van der Waals surface area contributed by atoms with E-state index >= 15 is 0 Å². The third-order valence-electron chi connectivity index (χ3n) is 5.46. The Kier molecular flexibility index (Phi) is 6.91. The summed E-state index contributed by atoms with van der Waals surface area (Å²) >= 11 is 0. The van der Waals surface area contributed by atoms with E-state index < -0.39 is 0 Å². The Bertz CT molecular complexity index is 493. The Labute approximate surface area is 146 Å². The van der Waals surface area contributed by atoms with Crippen LogP contribution in [0.2, 0.25) is 0 Å². The minimum Gasteiger partial charge on any atom is -0.340 e. The highest BCUT2D eigenvalue weighted by molar-refractivity contribution is 5.85. The van der Waals surface area contributed by atoms with E-state index in [0.717, 1.165) is 45.1 Å². The number of halogens is 1. The minimum absolute atomic E-state index is 0. The first kappa shape index (κ1) is 18.3. The molecule has 1 heterocycles. The molecule has 1 saturated carbocycles. The summed E-state index contributed by atoms with van der Waals surface area (Å²) in [6, 6.07) is 11.3. The van der Waals surface area contributed by atoms with Crippen molar-refractivity contribution in [3.8, 4) is 0 Å². The Morgan fingerprint density at radius 3 is 2.61 bits per heavy atom. The van der Waals surface area contributed by atoms with Crippen LogP contribution < -0.4 is 5.73 Å². The Morgan fingerprint density at radius 2 is 1.91 bits per heavy atom. The lowest BCUT2D eigenvalue weighted by molar-refractivity contribution is -0.133. The number of carbonyl (C=O) groups is 1. The van der Waals surface area contributed by atoms with Crippen molar-refractivity contribution in [3.05, 3.63) is 35.9 Å². The normalized spacial score (nSPS) is 27.0. The van der Waals surface area contributed by atoms with Crippen molar-refractivity contribution in [1.82, 2.24) is 4.90 Å². The van der Waals surface area contributed by atoms with Crippen LogP contribution in [-0.4, -0.2) is 29.4 Å². The van der Waals surface area contributed by atoms with Gasteiger partial charge in [-0.15, -0.1) is 12.4 Å². The summed E-state index contributed by atoms with van der Waals surface area (Å²) < 4.78 is 0. The molecular weight excluding hydrogens is 308 g/mol. The van der Waals surface area contributed by atoms with Crippen molar-refractivity contribution >= 4 is 18.3 Å². The molecule has 1 saturated heterocycles. The Hall–Kier alpha value is -1.06. The summed E-state index contributed by atoms with van der Waals surface area (Å²) in [6.45, 7) is 0.945. The molecular formula is C19H29ClN2O. The lowest BCUT2D eigenvalue weighted by Gasteiger charge is -2.27. The van der Waals surface area contributed by atoms with E-state index in [1.165, 1.54) is 12.0 Å². The second-order valence-electron chi connectivity index (χ2n) is 6.97. The molecule has 4 heteroatoms. The van der Waals surface area contributed by atoms with Gasteiger partial charge in [-0.2, -0.15) is 0 Å². The van der Waals surface area contributed by atoms with E-state index in [4.69, 9.17) is 5.73 Å². The molecule has 3 atom stereocenters. The van der Waals surface area contributed by atoms with E-state index in [1.807, 2.05) is 0 Å². The fraction of sp³-hybridized carbons (Fsp3) is 0.632. The average Bonchev–Trinajstić information content (AvgIpc) is 3.16. The summed E-state index contributed by atoms with van der Waals surface area (Å²) in [5.41, 5.74) is 7.50. The van der Waals surface area contributed by atoms with Crippen LogP contribution in [0.15, 0.2) is 30.3 Å². The van der Waals surface area contributed by atoms with Gasteiger partial charge in [0.2, 0.25) is 5.91 Å². The van der Waals surface area contributed by atoms with Crippen molar-refractivity contribution in [3.63, 3.8) is 0 Å². The molecule has 0 bridgehead atoms. The number of likely N-dealkylation sites (tertiary alicyclic amines) is 1. The summed E-state index contributed by atoms with van der Waals surface area (Å²) in [4.78, 5) is 14.8. The van der Waals surface area contributed by atoms with Gasteiger partial charge in [-0.05, 0) is 50.0 Å². The summed E-state index contributed by atoms with van der Waals surface area (Å²) in [5.74, 6) is 0.765. The zero-order chi connectivity index (χ0) is 15.4. The molecule has 128 valence electrons. The number of benzene rings is 1. The van der Waals surface area contributed by atoms with E-state index in [1.54, 1.807) is 0 Å². The van der Waals surface area contributed by atoms with Gasteiger partial charge in [-0.3, -0.25) is 4.79 Å². The zero-order valence-corrected chi connectivity index (χ0v) is 14.6. The third-order valence-corrected chi connectivity index (χ3v) is 5.46. The molecule has 0 aromatic heterocycles. The second kappa shape index (κ2) is 8.70. The largest absolute Gasteiger partial charge is 0.340 e. The molecule has 1 aromatic carbocycles. The van der Waals surface area contributed by atoms with E-state index in [-0.39, 0.29) is 18.4 Å². The van der Waals surface area contributed by atoms with Crippen LogP contribution in [0.3, 0.4) is 0 Å². The van der Waals surface area contributed by atoms with Crippen molar-refractivity contribution < 1.29 is 4.79 Å². The highest BCUT2D eigenvalue weighted by Gasteiger charge is 2.32. The number of rotatable bonds is 5. The second-order valence-corrected chi connectivity index (χ2v) is 6.97. The predicted molar refractivity (Wildman–Crippen MR) is 96.7 cm³/mol. The fourth-order valence-corrected chi connectivity index (χ4v) is 4.10. The van der Waals surface area contributed by atoms with Gasteiger partial charge >= 0.3 is 0 Å². The van der Waals surface area contributed by atoms with Crippen LogP contribution in [0.4, 0.5) is 0 Å². The van der Waals surface area contributed by atoms with Gasteiger partial charge in [0.1, 0.15) is 0 Å². The first-order chi connectivity index (χ1) is 10.7. The van der Waals surface area contributed by atoms with Gasteiger partial charge < -0.3 is 10.6 Å². The quantitative estimate of drug-likeness (QED) is 0.893. The zero-order valence-electron chi connectivity index (χ0n) is 13.8. The van der Waals surface area contributed by atoms with Crippen LogP contribution in [0.25, 0.3) is 0 Å². The van der Waals surface area contributed by atoms with Crippen LogP contribution >= 0.6 is 12.4 Å². The van der Waals surface area contributed by atoms with Gasteiger partial charge in [-0.1, -0.05) is 36.8 Å². The van der Waals surface area contributed by atoms with Crippen LogP contribution in [0.5, 0.6) is 0 Å². The standard InChI is InChI=1S/C19H28N2O.ClH/c20-18-10-4-8-16(18)14-19(22)21-13-5-9-17(21)12-11-15-6-2-1-3-7-15;/h1-3,6-7,16-18H,4-5,8-14,20H2;1H/t16-,17?,18+;/m0./s1. The maximum atomic E-state index is 12.6. The first-order valence-electron chi connectivity index (χ1n) is 8.83. The summed E-state index contributed by atoms with van der Waals surface area (Å²) in [5, 5.41) is 0. The number of amides is 1. The highest BCUT2D eigenvalue weighted by Crippen LogP contribution is 2.30. The molecule has 1 aliphatic carbocycles. The van der Waals surface area contributed by atoms with E-state index in [9.17, 15) is 4.79 Å². The smallest absolute Gasteiger partial charge is 0.223 e. The maximum Gasteiger partial charge on any atom is 0.223 e. The Morgan fingerprint density at radius 1 is 1.13 bits per heavy atom. The number of carbonyl (C=O) groups excluding carboxylic acids is 1. The molecule has 1 aliphatic heterocycles. The monoisotopic (exact) mass is 336 g/mol. The molecule has 1 amide bonds. The van der Waals surface area contributed by atoms with Gasteiger partial charge in [0.05, 0.1) is 0 Å². The molecule has 3 nitrogen and oxygen atoms in total. The number of hydrogen-bond acceptors (Lipinski definition) is 2. The molecule has 0 radical (unpaired) electrons. The molecule has 1 unspecified atom stereocenters. The topological polar surface area (TPSA) is 46.3 Å². The molecule has 0 spiro atoms. The molecule has 1 aromatic rings. The molecule has 23 heavy (non-hydrogen) atoms. The maximum absolute atomic E-state index is 12.6. The van der Waals surface area contributed by atoms with Crippen LogP contribution in [-0.2, 0) is 11.2 Å². The van der Waals surface area contributed by atoms with Gasteiger partial charge in [0.25, 0.3) is 0 Å². The first-order valence-corrected chi connectivity index (χ1v) is 8.83. The van der Waals surface area contributed by atoms with Gasteiger partial charge in [0.15, 0.2) is 0 Å². The predicted octanol–water partition coefficient (Wildman–Crippen LogP) is 3.55. The molecule has 3 rings (SSSR count). The Balaban J connectivity index is 0.00000192. The van der Waals surface area contributed by atoms with Gasteiger partial charge in [-0.25, -0.2) is 0 Å². The highest BCUT2D eigenvalue weighted by atomic mass is 35.5. The fourth-order valence-electron chi connectivity index (χ4n) is 4.10. The van der Waals surface area contributed by atoms with Crippen LogP contribution in [0, 0.1) is 5.92 Å². The molecule has 2 fully saturated rings. The molecule has 2 N–H and O–H groups in total. The third kappa shape index (κ3) is 4.71. The van der Waals surface area contributed by atoms with Crippen molar-refractivity contribution in [2.45, 2.75) is 63.5 Å². The number of nitrogens with two attached hydrogens (primary N) is 1. The van der Waals surface area contributed by atoms with Crippen molar-refractivity contribution in [2.75, 3.05) is 6.54 Å². The van der Waals surface area contributed by atoms with E-state index in [2.05, 4.69) is 35.2 Å². The number of hydrogen-bond donors (Lipinski definition) is 1. The lowest BCUT2D eigenvalue weighted by atomic mass is 9.98. The molecule has 2 aliphatic rings. The van der Waals surface area contributed by atoms with Crippen molar-refractivity contribution in [2.24, 2.45) is 11.7 Å². The average molecular weight is 337 g/mol. The van der Waals surface area contributed by atoms with Crippen LogP contribution in [0.1, 0.15) is 50.5 Å². The summed E-state index contributed by atoms with van der Waals surface area (Å²) in [6.07, 6.45) is 8.56. The number of aryl methyl sites for hydroxylation is 1. The SMILES string of the molecule is Cl.N[C@@H]1CCC[C@H]1CC(=O)N1CCCC1CCc1ccccc1. The minimum atomic E-state index is 0. The number of nitrogens with zero attached hydrogens (tertiary/aromatic N) is 1. The van der Waals surface area contributed by atoms with Crippen molar-refractivity contribution in [1.29, 1.82) is 0 Å². The van der Waals surface area contributed by atoms with Gasteiger partial charge in [0, 0.05) is 25.0 Å².